The van der Waals surface area contributed by atoms with Crippen molar-refractivity contribution < 1.29 is 19.1 Å². The fraction of sp³-hybridized carbons (Fsp3) is 0.368. The molecule has 1 fully saturated rings. The number of ketones is 1. The largest absolute Gasteiger partial charge is 0.478 e. The second-order valence-corrected chi connectivity index (χ2v) is 6.92. The molecule has 1 aliphatic heterocycles. The summed E-state index contributed by atoms with van der Waals surface area (Å²) in [6.07, 6.45) is 3.12. The molecule has 8 heteroatoms. The lowest BCUT2D eigenvalue weighted by Crippen LogP contribution is -2.50. The van der Waals surface area contributed by atoms with Gasteiger partial charge in [-0.05, 0) is 37.0 Å². The number of hydrogen-bond acceptors (Lipinski definition) is 5. The SMILES string of the molecule is Cn1ncnc1C1C(=O)C2=C(C(=O)O)CCCC2NC1c1ccc(F)cc1. The average Bonchev–Trinajstić information content (AvgIpc) is 3.07. The van der Waals surface area contributed by atoms with Crippen molar-refractivity contribution in [2.45, 2.75) is 37.3 Å². The zero-order valence-electron chi connectivity index (χ0n) is 14.7. The van der Waals surface area contributed by atoms with Gasteiger partial charge in [-0.25, -0.2) is 14.2 Å². The molecule has 3 unspecified atom stereocenters. The number of halogens is 1. The van der Waals surface area contributed by atoms with Gasteiger partial charge in [-0.3, -0.25) is 9.48 Å². The van der Waals surface area contributed by atoms with E-state index < -0.39 is 17.9 Å². The summed E-state index contributed by atoms with van der Waals surface area (Å²) >= 11 is 0. The lowest BCUT2D eigenvalue weighted by molar-refractivity contribution is -0.133. The summed E-state index contributed by atoms with van der Waals surface area (Å²) < 4.78 is 14.9. The topological polar surface area (TPSA) is 97.1 Å². The Bertz CT molecular complexity index is 935. The molecule has 0 spiro atoms. The van der Waals surface area contributed by atoms with Crippen molar-refractivity contribution in [2.24, 2.45) is 7.05 Å². The van der Waals surface area contributed by atoms with Crippen LogP contribution < -0.4 is 5.32 Å². The number of nitrogens with zero attached hydrogens (tertiary/aromatic N) is 3. The Morgan fingerprint density at radius 2 is 2.07 bits per heavy atom. The Kier molecular flexibility index (Phi) is 4.35. The summed E-state index contributed by atoms with van der Waals surface area (Å²) in [4.78, 5) is 29.4. The highest BCUT2D eigenvalue weighted by molar-refractivity contribution is 6.08. The van der Waals surface area contributed by atoms with Gasteiger partial charge in [0.2, 0.25) is 0 Å². The van der Waals surface area contributed by atoms with Crippen LogP contribution >= 0.6 is 0 Å². The predicted molar refractivity (Wildman–Crippen MR) is 93.3 cm³/mol. The van der Waals surface area contributed by atoms with Gasteiger partial charge in [-0.2, -0.15) is 5.10 Å². The van der Waals surface area contributed by atoms with Crippen molar-refractivity contribution in [3.8, 4) is 0 Å². The van der Waals surface area contributed by atoms with E-state index >= 15 is 0 Å². The van der Waals surface area contributed by atoms with Gasteiger partial charge in [0.1, 0.15) is 23.9 Å². The summed E-state index contributed by atoms with van der Waals surface area (Å²) in [6, 6.07) is 5.20. The monoisotopic (exact) mass is 370 g/mol. The number of hydrogen-bond donors (Lipinski definition) is 2. The first-order valence-electron chi connectivity index (χ1n) is 8.83. The van der Waals surface area contributed by atoms with Crippen molar-refractivity contribution in [3.05, 3.63) is 58.9 Å². The molecule has 1 saturated heterocycles. The Labute approximate surface area is 154 Å². The van der Waals surface area contributed by atoms with Crippen LogP contribution in [0, 0.1) is 5.82 Å². The Balaban J connectivity index is 1.86. The molecule has 2 aliphatic rings. The van der Waals surface area contributed by atoms with Crippen LogP contribution in [0.4, 0.5) is 4.39 Å². The van der Waals surface area contributed by atoms with Gasteiger partial charge in [0.25, 0.3) is 0 Å². The van der Waals surface area contributed by atoms with E-state index in [-0.39, 0.29) is 23.2 Å². The molecule has 140 valence electrons. The van der Waals surface area contributed by atoms with Crippen LogP contribution in [0.1, 0.15) is 42.6 Å². The number of carbonyl (C=O) groups excluding carboxylic acids is 1. The third-order valence-corrected chi connectivity index (χ3v) is 5.37. The zero-order valence-corrected chi connectivity index (χ0v) is 14.7. The predicted octanol–water partition coefficient (Wildman–Crippen LogP) is 1.89. The Morgan fingerprint density at radius 1 is 1.33 bits per heavy atom. The van der Waals surface area contributed by atoms with Crippen LogP contribution in [-0.2, 0) is 16.6 Å². The fourth-order valence-electron chi connectivity index (χ4n) is 4.13. The second-order valence-electron chi connectivity index (χ2n) is 6.92. The van der Waals surface area contributed by atoms with E-state index in [9.17, 15) is 19.1 Å². The van der Waals surface area contributed by atoms with E-state index in [4.69, 9.17) is 0 Å². The third kappa shape index (κ3) is 2.95. The molecule has 1 aromatic carbocycles. The molecular weight excluding hydrogens is 351 g/mol. The molecule has 7 nitrogen and oxygen atoms in total. The van der Waals surface area contributed by atoms with E-state index in [0.29, 0.717) is 30.7 Å². The van der Waals surface area contributed by atoms with Gasteiger partial charge in [0, 0.05) is 30.3 Å². The molecule has 4 rings (SSSR count). The molecule has 1 aliphatic carbocycles. The van der Waals surface area contributed by atoms with Crippen LogP contribution in [0.2, 0.25) is 0 Å². The van der Waals surface area contributed by atoms with Gasteiger partial charge in [0.15, 0.2) is 5.78 Å². The minimum Gasteiger partial charge on any atom is -0.478 e. The first-order chi connectivity index (χ1) is 13.0. The summed E-state index contributed by atoms with van der Waals surface area (Å²) in [6.45, 7) is 0. The van der Waals surface area contributed by atoms with Crippen molar-refractivity contribution in [1.29, 1.82) is 0 Å². The quantitative estimate of drug-likeness (QED) is 0.856. The molecule has 27 heavy (non-hydrogen) atoms. The first kappa shape index (κ1) is 17.5. The molecular formula is C19H19FN4O3. The highest BCUT2D eigenvalue weighted by Gasteiger charge is 2.46. The maximum atomic E-state index is 13.5. The van der Waals surface area contributed by atoms with Crippen molar-refractivity contribution in [2.75, 3.05) is 0 Å². The Morgan fingerprint density at radius 3 is 2.70 bits per heavy atom. The third-order valence-electron chi connectivity index (χ3n) is 5.37. The normalized spacial score (nSPS) is 25.4. The second kappa shape index (κ2) is 6.70. The molecule has 2 aromatic rings. The van der Waals surface area contributed by atoms with Gasteiger partial charge in [0.05, 0.1) is 0 Å². The lowest BCUT2D eigenvalue weighted by atomic mass is 9.73. The van der Waals surface area contributed by atoms with Gasteiger partial charge in [-0.1, -0.05) is 12.1 Å². The van der Waals surface area contributed by atoms with Crippen molar-refractivity contribution in [3.63, 3.8) is 0 Å². The molecule has 0 bridgehead atoms. The van der Waals surface area contributed by atoms with Gasteiger partial charge < -0.3 is 10.4 Å². The van der Waals surface area contributed by atoms with Crippen molar-refractivity contribution >= 4 is 11.8 Å². The van der Waals surface area contributed by atoms with E-state index in [2.05, 4.69) is 15.4 Å². The molecule has 0 saturated carbocycles. The van der Waals surface area contributed by atoms with Gasteiger partial charge in [-0.15, -0.1) is 0 Å². The summed E-state index contributed by atoms with van der Waals surface area (Å²) in [5, 5.41) is 17.1. The summed E-state index contributed by atoms with van der Waals surface area (Å²) in [5.41, 5.74) is 1.26. The number of aliphatic carboxylic acids is 1. The van der Waals surface area contributed by atoms with Crippen LogP contribution in [0.5, 0.6) is 0 Å². The molecule has 2 heterocycles. The number of nitrogens with one attached hydrogen (secondary N) is 1. The molecule has 1 aromatic heterocycles. The number of rotatable bonds is 3. The number of carboxylic acids is 1. The van der Waals surface area contributed by atoms with E-state index in [1.807, 2.05) is 0 Å². The van der Waals surface area contributed by atoms with E-state index in [1.54, 1.807) is 19.2 Å². The van der Waals surface area contributed by atoms with E-state index in [1.165, 1.54) is 23.1 Å². The average molecular weight is 370 g/mol. The maximum Gasteiger partial charge on any atom is 0.332 e. The zero-order chi connectivity index (χ0) is 19.1. The number of benzene rings is 1. The smallest absolute Gasteiger partial charge is 0.332 e. The number of carboxylic acid groups (broad SMARTS) is 1. The molecule has 0 amide bonds. The number of piperidine rings is 1. The molecule has 2 N–H and O–H groups in total. The minimum atomic E-state index is -1.05. The van der Waals surface area contributed by atoms with Crippen LogP contribution in [0.3, 0.4) is 0 Å². The summed E-state index contributed by atoms with van der Waals surface area (Å²) in [7, 11) is 1.69. The lowest BCUT2D eigenvalue weighted by Gasteiger charge is -2.40. The first-order valence-corrected chi connectivity index (χ1v) is 8.83. The van der Waals surface area contributed by atoms with Gasteiger partial charge >= 0.3 is 5.97 Å². The number of carbonyl (C=O) groups is 2. The van der Waals surface area contributed by atoms with Crippen LogP contribution in [0.25, 0.3) is 0 Å². The van der Waals surface area contributed by atoms with Crippen LogP contribution in [0.15, 0.2) is 41.7 Å². The van der Waals surface area contributed by atoms with E-state index in [0.717, 1.165) is 5.56 Å². The standard InChI is InChI=1S/C19H19FN4O3/c1-24-18(21-9-22-24)15-16(10-5-7-11(20)8-6-10)23-13-4-2-3-12(19(26)27)14(13)17(15)25/h5-9,13,15-16,23H,2-4H2,1H3,(H,26,27). The fourth-order valence-corrected chi connectivity index (χ4v) is 4.13. The molecule has 3 atom stereocenters. The van der Waals surface area contributed by atoms with Crippen molar-refractivity contribution in [1.82, 2.24) is 20.1 Å². The highest BCUT2D eigenvalue weighted by Crippen LogP contribution is 2.42. The summed E-state index contributed by atoms with van der Waals surface area (Å²) in [5.74, 6) is -1.95. The number of fused-ring (bicyclic) bond motifs is 1. The minimum absolute atomic E-state index is 0.175. The van der Waals surface area contributed by atoms with Crippen LogP contribution in [-0.4, -0.2) is 37.7 Å². The maximum absolute atomic E-state index is 13.5. The molecule has 0 radical (unpaired) electrons. The Hall–Kier alpha value is -2.87. The highest BCUT2D eigenvalue weighted by atomic mass is 19.1. The number of aromatic nitrogens is 3. The number of aryl methyl sites for hydroxylation is 1. The number of Topliss-reactive ketones (excluding diaryl/α,β-unsaturated/α-hetero) is 1.